The first kappa shape index (κ1) is 31.1. The Morgan fingerprint density at radius 3 is 2.00 bits per heavy atom. The molecule has 2 amide bonds. The Kier molecular flexibility index (Phi) is 10.5. The van der Waals surface area contributed by atoms with E-state index in [4.69, 9.17) is 18.9 Å². The predicted molar refractivity (Wildman–Crippen MR) is 147 cm³/mol. The summed E-state index contributed by atoms with van der Waals surface area (Å²) in [6, 6.07) is 4.53. The number of amides is 2. The third-order valence-corrected chi connectivity index (χ3v) is 5.12. The number of alkyl carbamates (subject to hydrolysis) is 2. The van der Waals surface area contributed by atoms with Crippen LogP contribution in [0.3, 0.4) is 0 Å². The van der Waals surface area contributed by atoms with Crippen molar-refractivity contribution < 1.29 is 38.1 Å². The van der Waals surface area contributed by atoms with Gasteiger partial charge >= 0.3 is 12.2 Å². The van der Waals surface area contributed by atoms with E-state index in [0.717, 1.165) is 0 Å². The quantitative estimate of drug-likeness (QED) is 0.520. The van der Waals surface area contributed by atoms with Crippen LogP contribution >= 0.6 is 0 Å². The van der Waals surface area contributed by atoms with Gasteiger partial charge in [0.1, 0.15) is 22.7 Å². The molecule has 0 bridgehead atoms. The van der Waals surface area contributed by atoms with Gasteiger partial charge in [-0.15, -0.1) is 0 Å². The van der Waals surface area contributed by atoms with Crippen LogP contribution in [0.5, 0.6) is 11.5 Å². The molecular weight excluding hydrogens is 504 g/mol. The summed E-state index contributed by atoms with van der Waals surface area (Å²) in [4.78, 5) is 46.3. The number of hydrogen-bond acceptors (Lipinski definition) is 8. The van der Waals surface area contributed by atoms with Gasteiger partial charge in [0, 0.05) is 17.6 Å². The lowest BCUT2D eigenvalue weighted by molar-refractivity contribution is -0.114. The first-order valence-electron chi connectivity index (χ1n) is 12.5. The minimum atomic E-state index is -0.615. The molecule has 0 unspecified atom stereocenters. The first-order valence-corrected chi connectivity index (χ1v) is 12.5. The molecule has 1 aromatic carbocycles. The monoisotopic (exact) mass is 542 g/mol. The highest BCUT2D eigenvalue weighted by Crippen LogP contribution is 2.28. The van der Waals surface area contributed by atoms with Crippen molar-refractivity contribution in [2.75, 3.05) is 14.2 Å². The fourth-order valence-electron chi connectivity index (χ4n) is 3.51. The van der Waals surface area contributed by atoms with E-state index in [0.29, 0.717) is 29.1 Å². The van der Waals surface area contributed by atoms with Crippen LogP contribution in [0, 0.1) is 0 Å². The van der Waals surface area contributed by atoms with Gasteiger partial charge in [-0.3, -0.25) is 9.59 Å². The Morgan fingerprint density at radius 2 is 1.49 bits per heavy atom. The zero-order chi connectivity index (χ0) is 29.4. The van der Waals surface area contributed by atoms with Gasteiger partial charge in [-0.05, 0) is 78.0 Å². The van der Waals surface area contributed by atoms with E-state index in [1.165, 1.54) is 12.2 Å². The van der Waals surface area contributed by atoms with Gasteiger partial charge in [0.25, 0.3) is 0 Å². The average Bonchev–Trinajstić information content (AvgIpc) is 3.36. The second-order valence-electron chi connectivity index (χ2n) is 10.8. The minimum Gasteiger partial charge on any atom is -0.497 e. The van der Waals surface area contributed by atoms with Crippen LogP contribution in [0.4, 0.5) is 9.59 Å². The zero-order valence-electron chi connectivity index (χ0n) is 23.7. The Balaban J connectivity index is 0.000000322. The largest absolute Gasteiger partial charge is 0.497 e. The molecule has 2 atom stereocenters. The van der Waals surface area contributed by atoms with E-state index in [1.54, 1.807) is 92.2 Å². The standard InChI is InChI=1S/C19H23NO5.C10H15NO3/c1-19(2,3)25-18(22)20-15-7-8-16(21)14(15)11-12-10-13(23-4)6-9-17(12)24-5;1-10(2,3)14-9(13)11-7-4-5-8(12)6-7/h6-11,15H,1-5H3,(H,20,22);4-5,7H,6H2,1-3H3,(H,11,13)/b14-11+;/t15-;7-/m00/s1. The number of rotatable bonds is 5. The molecule has 2 aliphatic carbocycles. The number of ketones is 2. The molecule has 0 spiro atoms. The number of carbonyl (C=O) groups is 4. The molecule has 1 aromatic rings. The second-order valence-corrected chi connectivity index (χ2v) is 10.8. The number of carbonyl (C=O) groups excluding carboxylic acids is 4. The van der Waals surface area contributed by atoms with Crippen molar-refractivity contribution in [3.63, 3.8) is 0 Å². The van der Waals surface area contributed by atoms with E-state index >= 15 is 0 Å². The van der Waals surface area contributed by atoms with Crippen molar-refractivity contribution >= 4 is 29.8 Å². The maximum absolute atomic E-state index is 12.2. The molecule has 3 rings (SSSR count). The van der Waals surface area contributed by atoms with Gasteiger partial charge in [-0.2, -0.15) is 0 Å². The molecule has 0 saturated carbocycles. The van der Waals surface area contributed by atoms with E-state index in [-0.39, 0.29) is 17.6 Å². The van der Waals surface area contributed by atoms with Crippen LogP contribution in [-0.2, 0) is 19.1 Å². The number of hydrogen-bond donors (Lipinski definition) is 2. The zero-order valence-corrected chi connectivity index (χ0v) is 23.7. The molecule has 2 N–H and O–H groups in total. The Labute approximate surface area is 229 Å². The molecule has 10 nitrogen and oxygen atoms in total. The molecule has 0 radical (unpaired) electrons. The Morgan fingerprint density at radius 1 is 0.872 bits per heavy atom. The second kappa shape index (κ2) is 13.1. The lowest BCUT2D eigenvalue weighted by atomic mass is 10.0. The Bertz CT molecular complexity index is 1170. The molecule has 0 saturated heterocycles. The summed E-state index contributed by atoms with van der Waals surface area (Å²) in [6.45, 7) is 10.7. The van der Waals surface area contributed by atoms with Crippen LogP contribution < -0.4 is 20.1 Å². The molecule has 0 aliphatic heterocycles. The summed E-state index contributed by atoms with van der Waals surface area (Å²) in [5, 5.41) is 5.29. The highest BCUT2D eigenvalue weighted by Gasteiger charge is 2.27. The lowest BCUT2D eigenvalue weighted by Gasteiger charge is -2.21. The van der Waals surface area contributed by atoms with Gasteiger partial charge in [0.2, 0.25) is 0 Å². The average molecular weight is 543 g/mol. The van der Waals surface area contributed by atoms with Crippen molar-refractivity contribution in [1.82, 2.24) is 10.6 Å². The molecule has 0 heterocycles. The van der Waals surface area contributed by atoms with Crippen molar-refractivity contribution in [2.45, 2.75) is 71.2 Å². The maximum Gasteiger partial charge on any atom is 0.408 e. The molecule has 2 aliphatic rings. The minimum absolute atomic E-state index is 0.0334. The maximum atomic E-state index is 12.2. The summed E-state index contributed by atoms with van der Waals surface area (Å²) in [6.07, 6.45) is 7.16. The third-order valence-electron chi connectivity index (χ3n) is 5.12. The highest BCUT2D eigenvalue weighted by molar-refractivity contribution is 6.11. The summed E-state index contributed by atoms with van der Waals surface area (Å²) < 4.78 is 20.8. The fourth-order valence-corrected chi connectivity index (χ4v) is 3.51. The highest BCUT2D eigenvalue weighted by atomic mass is 16.6. The van der Waals surface area contributed by atoms with Crippen LogP contribution in [0.25, 0.3) is 6.08 Å². The summed E-state index contributed by atoms with van der Waals surface area (Å²) >= 11 is 0. The van der Waals surface area contributed by atoms with Crippen LogP contribution in [0.1, 0.15) is 53.5 Å². The smallest absolute Gasteiger partial charge is 0.408 e. The van der Waals surface area contributed by atoms with Crippen LogP contribution in [0.15, 0.2) is 48.1 Å². The topological polar surface area (TPSA) is 129 Å². The molecule has 0 fully saturated rings. The Hall–Kier alpha value is -4.08. The van der Waals surface area contributed by atoms with Crippen molar-refractivity contribution in [3.05, 3.63) is 53.6 Å². The van der Waals surface area contributed by atoms with Gasteiger partial charge in [0.05, 0.1) is 26.3 Å². The first-order chi connectivity index (χ1) is 18.1. The van der Waals surface area contributed by atoms with Crippen molar-refractivity contribution in [3.8, 4) is 11.5 Å². The van der Waals surface area contributed by atoms with Crippen molar-refractivity contribution in [2.24, 2.45) is 0 Å². The lowest BCUT2D eigenvalue weighted by Crippen LogP contribution is -2.38. The van der Waals surface area contributed by atoms with Crippen LogP contribution in [0.2, 0.25) is 0 Å². The van der Waals surface area contributed by atoms with Gasteiger partial charge < -0.3 is 29.6 Å². The van der Waals surface area contributed by atoms with E-state index in [1.807, 2.05) is 0 Å². The molecule has 10 heteroatoms. The number of ether oxygens (including phenoxy) is 4. The number of allylic oxidation sites excluding steroid dienone is 2. The summed E-state index contributed by atoms with van der Waals surface area (Å²) in [7, 11) is 3.11. The SMILES string of the molecule is CC(C)(C)OC(=O)N[C@H]1C=CC(=O)C1.COc1ccc(OC)c(/C=C2/C(=O)C=C[C@@H]2NC(=O)OC(C)(C)C)c1. The fraction of sp³-hybridized carbons (Fsp3) is 0.448. The third kappa shape index (κ3) is 10.7. The van der Waals surface area contributed by atoms with Gasteiger partial charge in [-0.1, -0.05) is 12.2 Å². The van der Waals surface area contributed by atoms with Crippen LogP contribution in [-0.4, -0.2) is 61.3 Å². The molecular formula is C29H38N2O8. The normalized spacial score (nSPS) is 19.3. The molecule has 0 aromatic heterocycles. The summed E-state index contributed by atoms with van der Waals surface area (Å²) in [5.74, 6) is 1.10. The van der Waals surface area contributed by atoms with E-state index in [9.17, 15) is 19.2 Å². The van der Waals surface area contributed by atoms with Crippen molar-refractivity contribution in [1.29, 1.82) is 0 Å². The van der Waals surface area contributed by atoms with E-state index < -0.39 is 29.4 Å². The van der Waals surface area contributed by atoms with E-state index in [2.05, 4.69) is 10.6 Å². The van der Waals surface area contributed by atoms with Gasteiger partial charge in [-0.25, -0.2) is 9.59 Å². The molecule has 39 heavy (non-hydrogen) atoms. The summed E-state index contributed by atoms with van der Waals surface area (Å²) in [5.41, 5.74) is -0.00510. The number of nitrogens with one attached hydrogen (secondary N) is 2. The van der Waals surface area contributed by atoms with Gasteiger partial charge in [0.15, 0.2) is 11.6 Å². The number of methoxy groups -OCH3 is 2. The molecule has 212 valence electrons. The number of benzene rings is 1. The predicted octanol–water partition coefficient (Wildman–Crippen LogP) is 4.53.